The first kappa shape index (κ1) is 25.5. The van der Waals surface area contributed by atoms with Crippen molar-refractivity contribution < 1.29 is 27.4 Å². The van der Waals surface area contributed by atoms with Gasteiger partial charge >= 0.3 is 6.18 Å². The van der Waals surface area contributed by atoms with Crippen molar-refractivity contribution in [3.05, 3.63) is 77.6 Å². The van der Waals surface area contributed by atoms with Crippen LogP contribution in [0.4, 0.5) is 24.5 Å². The number of nitrogens with one attached hydrogen (secondary N) is 2. The van der Waals surface area contributed by atoms with Gasteiger partial charge in [0.25, 0.3) is 11.9 Å². The third kappa shape index (κ3) is 7.20. The quantitative estimate of drug-likeness (QED) is 0.326. The van der Waals surface area contributed by atoms with Gasteiger partial charge in [-0.25, -0.2) is 0 Å². The summed E-state index contributed by atoms with van der Waals surface area (Å²) in [6.07, 6.45) is -3.27. The Morgan fingerprint density at radius 1 is 1.03 bits per heavy atom. The summed E-state index contributed by atoms with van der Waals surface area (Å²) in [7, 11) is 1.51. The highest BCUT2D eigenvalue weighted by atomic mass is 19.4. The Hall–Kier alpha value is -4.08. The van der Waals surface area contributed by atoms with Crippen molar-refractivity contribution in [2.75, 3.05) is 12.4 Å². The van der Waals surface area contributed by atoms with E-state index in [-0.39, 0.29) is 35.0 Å². The lowest BCUT2D eigenvalue weighted by molar-refractivity contribution is -0.138. The normalized spacial score (nSPS) is 11.8. The van der Waals surface area contributed by atoms with Crippen LogP contribution in [0.25, 0.3) is 0 Å². The Balaban J connectivity index is 1.79. The molecule has 0 unspecified atom stereocenters. The Morgan fingerprint density at radius 2 is 1.74 bits per heavy atom. The van der Waals surface area contributed by atoms with Gasteiger partial charge in [0.2, 0.25) is 0 Å². The van der Waals surface area contributed by atoms with E-state index in [0.717, 1.165) is 6.07 Å². The van der Waals surface area contributed by atoms with E-state index in [2.05, 4.69) is 20.6 Å². The Labute approximate surface area is 201 Å². The van der Waals surface area contributed by atoms with Crippen LogP contribution in [-0.4, -0.2) is 30.1 Å². The molecule has 0 fully saturated rings. The number of hydrogen-bond acceptors (Lipinski definition) is 5. The average Bonchev–Trinajstić information content (AvgIpc) is 2.80. The summed E-state index contributed by atoms with van der Waals surface area (Å²) in [6, 6.07) is 13.8. The zero-order chi connectivity index (χ0) is 25.6. The summed E-state index contributed by atoms with van der Waals surface area (Å²) in [5.41, 5.74) is 0.302. The van der Waals surface area contributed by atoms with Gasteiger partial charge in [0.15, 0.2) is 0 Å². The fraction of sp³-hybridized carbons (Fsp3) is 0.240. The van der Waals surface area contributed by atoms with E-state index < -0.39 is 11.7 Å². The molecule has 1 heterocycles. The molecule has 0 spiro atoms. The maximum Gasteiger partial charge on any atom is 0.416 e. The highest BCUT2D eigenvalue weighted by Gasteiger charge is 2.32. The minimum atomic E-state index is -4.47. The van der Waals surface area contributed by atoms with Gasteiger partial charge in [-0.05, 0) is 68.8 Å². The molecule has 3 rings (SSSR count). The maximum atomic E-state index is 13.3. The number of rotatable bonds is 6. The summed E-state index contributed by atoms with van der Waals surface area (Å²) in [6.45, 7) is 4.97. The van der Waals surface area contributed by atoms with Crippen molar-refractivity contribution in [2.45, 2.75) is 33.1 Å². The molecule has 1 amide bonds. The predicted octanol–water partition coefficient (Wildman–Crippen LogP) is 6.09. The van der Waals surface area contributed by atoms with Crippen molar-refractivity contribution >= 4 is 23.3 Å². The second kappa shape index (κ2) is 10.9. The molecule has 2 N–H and O–H groups in total. The number of aromatic nitrogens is 1. The van der Waals surface area contributed by atoms with Crippen molar-refractivity contribution in [2.24, 2.45) is 4.99 Å². The monoisotopic (exact) mass is 486 g/mol. The number of amides is 1. The summed E-state index contributed by atoms with van der Waals surface area (Å²) in [5, 5.41) is 5.32. The third-order valence-electron chi connectivity index (χ3n) is 4.64. The first-order valence-corrected chi connectivity index (χ1v) is 10.7. The predicted molar refractivity (Wildman–Crippen MR) is 127 cm³/mol. The van der Waals surface area contributed by atoms with Gasteiger partial charge in [-0.15, -0.1) is 0 Å². The number of hydrogen-bond donors (Lipinski definition) is 2. The minimum Gasteiger partial charge on any atom is -0.462 e. The third-order valence-corrected chi connectivity index (χ3v) is 4.64. The van der Waals surface area contributed by atoms with E-state index >= 15 is 0 Å². The first-order chi connectivity index (χ1) is 16.5. The van der Waals surface area contributed by atoms with Gasteiger partial charge in [-0.1, -0.05) is 6.07 Å². The fourth-order valence-electron chi connectivity index (χ4n) is 3.00. The number of anilines is 1. The molecular weight excluding hydrogens is 461 g/mol. The molecule has 0 saturated carbocycles. The van der Waals surface area contributed by atoms with Crippen LogP contribution in [0.5, 0.6) is 11.5 Å². The molecule has 184 valence electrons. The van der Waals surface area contributed by atoms with E-state index in [9.17, 15) is 18.0 Å². The molecule has 0 aliphatic carbocycles. The molecule has 0 atom stereocenters. The van der Waals surface area contributed by atoms with Crippen molar-refractivity contribution in [1.29, 1.82) is 0 Å². The van der Waals surface area contributed by atoms with Crippen LogP contribution in [0.15, 0.2) is 65.8 Å². The van der Waals surface area contributed by atoms with Crippen molar-refractivity contribution in [3.8, 4) is 11.5 Å². The number of alkyl halides is 3. The number of nitrogens with zero attached hydrogens (tertiary/aromatic N) is 2. The molecule has 2 aromatic carbocycles. The molecule has 10 heteroatoms. The number of ether oxygens (including phenoxy) is 2. The largest absolute Gasteiger partial charge is 0.462 e. The number of carbonyl (C=O) groups is 1. The van der Waals surface area contributed by atoms with E-state index in [0.29, 0.717) is 17.2 Å². The second-order valence-electron chi connectivity index (χ2n) is 7.79. The second-order valence-corrected chi connectivity index (χ2v) is 7.79. The fourth-order valence-corrected chi connectivity index (χ4v) is 3.00. The van der Waals surface area contributed by atoms with Crippen LogP contribution in [0.3, 0.4) is 0 Å². The Bertz CT molecular complexity index is 1210. The summed E-state index contributed by atoms with van der Waals surface area (Å²) < 4.78 is 51.3. The van der Waals surface area contributed by atoms with Gasteiger partial charge in [0, 0.05) is 25.0 Å². The van der Waals surface area contributed by atoms with Crippen LogP contribution in [0.1, 0.15) is 35.5 Å². The molecular formula is C25H25F3N4O3. The number of aliphatic imine (C=N–C) groups is 1. The molecule has 7 nitrogen and oxygen atoms in total. The molecule has 0 saturated heterocycles. The number of halogens is 3. The van der Waals surface area contributed by atoms with Crippen LogP contribution < -0.4 is 15.4 Å². The van der Waals surface area contributed by atoms with Crippen LogP contribution >= 0.6 is 0 Å². The van der Waals surface area contributed by atoms with E-state index in [4.69, 9.17) is 9.47 Å². The van der Waals surface area contributed by atoms with E-state index in [1.54, 1.807) is 44.2 Å². The van der Waals surface area contributed by atoms with Gasteiger partial charge in [-0.2, -0.15) is 18.2 Å². The van der Waals surface area contributed by atoms with Gasteiger partial charge in [-0.3, -0.25) is 9.78 Å². The molecule has 3 aromatic rings. The lowest BCUT2D eigenvalue weighted by Gasteiger charge is -2.16. The smallest absolute Gasteiger partial charge is 0.416 e. The van der Waals surface area contributed by atoms with E-state index in [1.165, 1.54) is 38.4 Å². The van der Waals surface area contributed by atoms with E-state index in [1.807, 2.05) is 0 Å². The molecule has 0 radical (unpaired) electrons. The first-order valence-electron chi connectivity index (χ1n) is 10.7. The minimum absolute atomic E-state index is 0.0509. The van der Waals surface area contributed by atoms with Crippen LogP contribution in [-0.2, 0) is 10.9 Å². The SMILES string of the molecule is CNC(=O)c1cc(Oc2ccc(N=C(Nc3ccc(C)c(C(F)(F)F)c3)OC(C)C)cc2)ccn1. The summed E-state index contributed by atoms with van der Waals surface area (Å²) >= 11 is 0. The van der Waals surface area contributed by atoms with Crippen molar-refractivity contribution in [1.82, 2.24) is 10.3 Å². The highest BCUT2D eigenvalue weighted by Crippen LogP contribution is 2.33. The van der Waals surface area contributed by atoms with Crippen molar-refractivity contribution in [3.63, 3.8) is 0 Å². The lowest BCUT2D eigenvalue weighted by Crippen LogP contribution is -2.20. The number of carbonyl (C=O) groups excluding carboxylic acids is 1. The van der Waals surface area contributed by atoms with Crippen LogP contribution in [0, 0.1) is 6.92 Å². The standard InChI is InChI=1S/C25H25F3N4O3/c1-15(2)34-24(32-18-6-5-16(3)21(13-18)25(26,27)28)31-17-7-9-19(10-8-17)35-20-11-12-30-22(14-20)23(33)29-4/h5-15H,1-4H3,(H,29,33)(H,31,32). The maximum absolute atomic E-state index is 13.3. The zero-order valence-electron chi connectivity index (χ0n) is 19.6. The van der Waals surface area contributed by atoms with Gasteiger partial charge < -0.3 is 20.1 Å². The number of amidine groups is 1. The lowest BCUT2D eigenvalue weighted by atomic mass is 10.1. The molecule has 1 aromatic heterocycles. The Morgan fingerprint density at radius 3 is 2.37 bits per heavy atom. The topological polar surface area (TPSA) is 84.8 Å². The highest BCUT2D eigenvalue weighted by molar-refractivity contribution is 5.92. The Kier molecular flexibility index (Phi) is 7.95. The van der Waals surface area contributed by atoms with Gasteiger partial charge in [0.1, 0.15) is 17.2 Å². The molecule has 0 aliphatic heterocycles. The van der Waals surface area contributed by atoms with Crippen LogP contribution in [0.2, 0.25) is 0 Å². The number of aryl methyl sites for hydroxylation is 1. The molecule has 0 bridgehead atoms. The van der Waals surface area contributed by atoms with Gasteiger partial charge in [0.05, 0.1) is 17.4 Å². The number of pyridine rings is 1. The summed E-state index contributed by atoms with van der Waals surface area (Å²) in [5.74, 6) is 0.590. The molecule has 35 heavy (non-hydrogen) atoms. The average molecular weight is 486 g/mol. The zero-order valence-corrected chi connectivity index (χ0v) is 19.6. The number of benzene rings is 2. The molecule has 0 aliphatic rings. The summed E-state index contributed by atoms with van der Waals surface area (Å²) in [4.78, 5) is 20.1.